The zero-order valence-electron chi connectivity index (χ0n) is 14.7. The van der Waals surface area contributed by atoms with Crippen LogP contribution in [0.25, 0.3) is 16.8 Å². The molecule has 4 aromatic rings. The first-order valence-electron chi connectivity index (χ1n) is 8.23. The molecule has 9 heteroatoms. The van der Waals surface area contributed by atoms with Gasteiger partial charge in [-0.15, -0.1) is 0 Å². The molecular weight excluding hydrogens is 400 g/mol. The van der Waals surface area contributed by atoms with Gasteiger partial charge in [0.05, 0.1) is 28.2 Å². The minimum absolute atomic E-state index is 0.107. The van der Waals surface area contributed by atoms with Crippen LogP contribution in [0.4, 0.5) is 5.82 Å². The van der Waals surface area contributed by atoms with Crippen LogP contribution in [-0.2, 0) is 10.0 Å². The Labute approximate surface area is 166 Å². The van der Waals surface area contributed by atoms with E-state index < -0.39 is 10.0 Å². The van der Waals surface area contributed by atoms with Gasteiger partial charge in [0.2, 0.25) is 0 Å². The summed E-state index contributed by atoms with van der Waals surface area (Å²) in [6.07, 6.45) is 3.34. The molecular formula is C19H15ClN4O3S. The lowest BCUT2D eigenvalue weighted by Gasteiger charge is -2.10. The summed E-state index contributed by atoms with van der Waals surface area (Å²) >= 11 is 6.28. The van der Waals surface area contributed by atoms with E-state index in [1.807, 2.05) is 6.07 Å². The molecule has 3 heterocycles. The SMILES string of the molecule is COc1ccc(S(=O)(=O)Nc2ccc(Cl)c3cc(-c4cccnc4)nn23)cc1. The van der Waals surface area contributed by atoms with Crippen LogP contribution in [-0.4, -0.2) is 30.1 Å². The summed E-state index contributed by atoms with van der Waals surface area (Å²) in [7, 11) is -2.30. The molecule has 0 aliphatic carbocycles. The van der Waals surface area contributed by atoms with Crippen molar-refractivity contribution in [1.29, 1.82) is 0 Å². The molecule has 0 aliphatic heterocycles. The van der Waals surface area contributed by atoms with Gasteiger partial charge >= 0.3 is 0 Å². The Morgan fingerprint density at radius 1 is 1.11 bits per heavy atom. The monoisotopic (exact) mass is 414 g/mol. The zero-order chi connectivity index (χ0) is 19.7. The Bertz CT molecular complexity index is 1240. The van der Waals surface area contributed by atoms with Gasteiger partial charge in [-0.3, -0.25) is 9.71 Å². The number of ether oxygens (including phenoxy) is 1. The molecule has 1 N–H and O–H groups in total. The molecule has 0 atom stereocenters. The number of fused-ring (bicyclic) bond motifs is 1. The average Bonchev–Trinajstić information content (AvgIpc) is 3.17. The number of benzene rings is 1. The molecule has 0 aliphatic rings. The fraction of sp³-hybridized carbons (Fsp3) is 0.0526. The lowest BCUT2D eigenvalue weighted by atomic mass is 10.2. The number of sulfonamides is 1. The molecule has 0 saturated heterocycles. The summed E-state index contributed by atoms with van der Waals surface area (Å²) in [6.45, 7) is 0. The van der Waals surface area contributed by atoms with Gasteiger partial charge in [-0.2, -0.15) is 5.10 Å². The number of anilines is 1. The molecule has 3 aromatic heterocycles. The van der Waals surface area contributed by atoms with Crippen LogP contribution >= 0.6 is 11.6 Å². The molecule has 7 nitrogen and oxygen atoms in total. The number of hydrogen-bond acceptors (Lipinski definition) is 5. The number of aromatic nitrogens is 3. The molecule has 0 radical (unpaired) electrons. The van der Waals surface area contributed by atoms with Crippen molar-refractivity contribution >= 4 is 33.0 Å². The van der Waals surface area contributed by atoms with E-state index in [-0.39, 0.29) is 10.7 Å². The van der Waals surface area contributed by atoms with E-state index in [4.69, 9.17) is 16.3 Å². The van der Waals surface area contributed by atoms with E-state index in [0.29, 0.717) is 22.0 Å². The molecule has 0 bridgehead atoms. The second-order valence-corrected chi connectivity index (χ2v) is 8.01. The minimum atomic E-state index is -3.82. The van der Waals surface area contributed by atoms with Crippen LogP contribution in [0.1, 0.15) is 0 Å². The maximum atomic E-state index is 12.8. The van der Waals surface area contributed by atoms with Gasteiger partial charge in [0.1, 0.15) is 11.6 Å². The van der Waals surface area contributed by atoms with Gasteiger partial charge in [0, 0.05) is 18.0 Å². The molecule has 0 unspecified atom stereocenters. The fourth-order valence-corrected chi connectivity index (χ4v) is 3.97. The van der Waals surface area contributed by atoms with Crippen LogP contribution in [0.15, 0.2) is 71.9 Å². The predicted octanol–water partition coefficient (Wildman–Crippen LogP) is 3.86. The van der Waals surface area contributed by atoms with Crippen LogP contribution in [0.3, 0.4) is 0 Å². The first-order valence-corrected chi connectivity index (χ1v) is 10.1. The van der Waals surface area contributed by atoms with Crippen molar-refractivity contribution in [2.75, 3.05) is 11.8 Å². The number of methoxy groups -OCH3 is 1. The Kier molecular flexibility index (Phi) is 4.66. The third kappa shape index (κ3) is 3.39. The van der Waals surface area contributed by atoms with E-state index in [1.165, 1.54) is 23.8 Å². The first-order chi connectivity index (χ1) is 13.5. The molecule has 142 valence electrons. The third-order valence-corrected chi connectivity index (χ3v) is 5.83. The predicted molar refractivity (Wildman–Crippen MR) is 107 cm³/mol. The molecule has 0 saturated carbocycles. The zero-order valence-corrected chi connectivity index (χ0v) is 16.3. The van der Waals surface area contributed by atoms with Crippen molar-refractivity contribution in [2.45, 2.75) is 4.90 Å². The standard InChI is InChI=1S/C19H15ClN4O3S/c1-27-14-4-6-15(7-5-14)28(25,26)23-19-9-8-16(20)18-11-17(22-24(18)19)13-3-2-10-21-12-13/h2-12,23H,1H3. The highest BCUT2D eigenvalue weighted by atomic mass is 35.5. The molecule has 1 aromatic carbocycles. The first kappa shape index (κ1) is 18.3. The normalized spacial score (nSPS) is 11.5. The number of halogens is 1. The van der Waals surface area contributed by atoms with Gasteiger partial charge < -0.3 is 4.74 Å². The summed E-state index contributed by atoms with van der Waals surface area (Å²) in [5.74, 6) is 0.839. The highest BCUT2D eigenvalue weighted by Gasteiger charge is 2.18. The van der Waals surface area contributed by atoms with Crippen molar-refractivity contribution in [2.24, 2.45) is 0 Å². The number of nitrogens with zero attached hydrogens (tertiary/aromatic N) is 3. The van der Waals surface area contributed by atoms with Crippen molar-refractivity contribution < 1.29 is 13.2 Å². The molecule has 4 rings (SSSR count). The van der Waals surface area contributed by atoms with Crippen molar-refractivity contribution in [1.82, 2.24) is 14.6 Å². The average molecular weight is 415 g/mol. The van der Waals surface area contributed by atoms with Gasteiger partial charge in [-0.1, -0.05) is 11.6 Å². The molecule has 0 spiro atoms. The Hall–Kier alpha value is -3.10. The quantitative estimate of drug-likeness (QED) is 0.536. The van der Waals surface area contributed by atoms with Crippen LogP contribution in [0.5, 0.6) is 5.75 Å². The second kappa shape index (κ2) is 7.14. The van der Waals surface area contributed by atoms with E-state index in [2.05, 4.69) is 14.8 Å². The van der Waals surface area contributed by atoms with Crippen LogP contribution < -0.4 is 9.46 Å². The topological polar surface area (TPSA) is 85.6 Å². The molecule has 0 amide bonds. The van der Waals surface area contributed by atoms with E-state index >= 15 is 0 Å². The van der Waals surface area contributed by atoms with Gasteiger partial charge in [0.15, 0.2) is 0 Å². The fourth-order valence-electron chi connectivity index (χ4n) is 2.73. The number of hydrogen-bond donors (Lipinski definition) is 1. The van der Waals surface area contributed by atoms with Crippen molar-refractivity contribution in [3.63, 3.8) is 0 Å². The summed E-state index contributed by atoms with van der Waals surface area (Å²) in [4.78, 5) is 4.19. The maximum Gasteiger partial charge on any atom is 0.263 e. The Morgan fingerprint density at radius 2 is 1.89 bits per heavy atom. The van der Waals surface area contributed by atoms with E-state index in [1.54, 1.807) is 48.8 Å². The third-order valence-electron chi connectivity index (χ3n) is 4.14. The van der Waals surface area contributed by atoms with Gasteiger partial charge in [-0.25, -0.2) is 12.9 Å². The number of nitrogens with one attached hydrogen (secondary N) is 1. The van der Waals surface area contributed by atoms with Crippen LogP contribution in [0, 0.1) is 0 Å². The summed E-state index contributed by atoms with van der Waals surface area (Å²) in [5, 5.41) is 4.95. The van der Waals surface area contributed by atoms with Gasteiger partial charge in [-0.05, 0) is 54.6 Å². The van der Waals surface area contributed by atoms with E-state index in [9.17, 15) is 8.42 Å². The number of rotatable bonds is 5. The highest BCUT2D eigenvalue weighted by Crippen LogP contribution is 2.28. The summed E-state index contributed by atoms with van der Waals surface area (Å²) in [5.41, 5.74) is 2.01. The van der Waals surface area contributed by atoms with Crippen molar-refractivity contribution in [3.8, 4) is 17.0 Å². The van der Waals surface area contributed by atoms with Crippen molar-refractivity contribution in [3.05, 3.63) is 72.0 Å². The highest BCUT2D eigenvalue weighted by molar-refractivity contribution is 7.92. The lowest BCUT2D eigenvalue weighted by molar-refractivity contribution is 0.414. The largest absolute Gasteiger partial charge is 0.497 e. The lowest BCUT2D eigenvalue weighted by Crippen LogP contribution is -2.15. The molecule has 0 fully saturated rings. The summed E-state index contributed by atoms with van der Waals surface area (Å²) in [6, 6.07) is 14.7. The maximum absolute atomic E-state index is 12.8. The smallest absolute Gasteiger partial charge is 0.263 e. The Balaban J connectivity index is 1.76. The minimum Gasteiger partial charge on any atom is -0.497 e. The summed E-state index contributed by atoms with van der Waals surface area (Å²) < 4.78 is 34.6. The number of pyridine rings is 2. The molecule has 28 heavy (non-hydrogen) atoms. The van der Waals surface area contributed by atoms with E-state index in [0.717, 1.165) is 5.56 Å². The second-order valence-electron chi connectivity index (χ2n) is 5.92. The Morgan fingerprint density at radius 3 is 2.57 bits per heavy atom. The van der Waals surface area contributed by atoms with Crippen LogP contribution in [0.2, 0.25) is 5.02 Å². The van der Waals surface area contributed by atoms with Gasteiger partial charge in [0.25, 0.3) is 10.0 Å².